The van der Waals surface area contributed by atoms with Gasteiger partial charge in [0.1, 0.15) is 0 Å². The first-order valence-electron chi connectivity index (χ1n) is 10.5. The summed E-state index contributed by atoms with van der Waals surface area (Å²) in [5.41, 5.74) is 6.43. The second-order valence-electron chi connectivity index (χ2n) is 7.27. The van der Waals surface area contributed by atoms with Gasteiger partial charge >= 0.3 is 0 Å². The van der Waals surface area contributed by atoms with Gasteiger partial charge in [0.2, 0.25) is 0 Å². The third-order valence-electron chi connectivity index (χ3n) is 4.94. The van der Waals surface area contributed by atoms with Gasteiger partial charge in [-0.2, -0.15) is 0 Å². The van der Waals surface area contributed by atoms with Gasteiger partial charge in [0.25, 0.3) is 0 Å². The molecule has 4 aromatic rings. The van der Waals surface area contributed by atoms with Crippen molar-refractivity contribution in [1.29, 1.82) is 0 Å². The van der Waals surface area contributed by atoms with Crippen LogP contribution in [0.25, 0.3) is 22.9 Å². The predicted octanol–water partition coefficient (Wildman–Crippen LogP) is 7.89. The molecule has 0 aromatic heterocycles. The lowest BCUT2D eigenvalue weighted by molar-refractivity contribution is 1.50. The van der Waals surface area contributed by atoms with E-state index in [9.17, 15) is 0 Å². The van der Waals surface area contributed by atoms with Crippen molar-refractivity contribution in [1.82, 2.24) is 0 Å². The normalized spacial score (nSPS) is 9.31. The largest absolute Gasteiger partial charge is 0.101 e. The third-order valence-corrected chi connectivity index (χ3v) is 4.94. The SMILES string of the molecule is C=Cc1cccc(C#Cc2ccc3cc(C)ccc3c2)c1C=C.CC#Cc1ccccc1. The highest BCUT2D eigenvalue weighted by Crippen LogP contribution is 2.19. The average molecular weight is 411 g/mol. The fourth-order valence-corrected chi connectivity index (χ4v) is 3.35. The highest BCUT2D eigenvalue weighted by molar-refractivity contribution is 5.84. The smallest absolute Gasteiger partial charge is 0.0327 e. The Balaban J connectivity index is 0.000000269. The Hall–Kier alpha value is -4.26. The molecule has 0 unspecified atom stereocenters. The summed E-state index contributed by atoms with van der Waals surface area (Å²) in [6, 6.07) is 28.8. The second-order valence-corrected chi connectivity index (χ2v) is 7.27. The molecular weight excluding hydrogens is 384 g/mol. The molecule has 0 saturated carbocycles. The lowest BCUT2D eigenvalue weighted by atomic mass is 10.0. The maximum absolute atomic E-state index is 3.89. The maximum atomic E-state index is 3.89. The van der Waals surface area contributed by atoms with Crippen molar-refractivity contribution in [3.05, 3.63) is 131 Å². The summed E-state index contributed by atoms with van der Waals surface area (Å²) >= 11 is 0. The van der Waals surface area contributed by atoms with Gasteiger partial charge in [0.15, 0.2) is 0 Å². The molecule has 4 rings (SSSR count). The minimum Gasteiger partial charge on any atom is -0.101 e. The summed E-state index contributed by atoms with van der Waals surface area (Å²) in [6.07, 6.45) is 3.67. The van der Waals surface area contributed by atoms with E-state index in [-0.39, 0.29) is 0 Å². The number of benzene rings is 4. The molecule has 0 amide bonds. The molecule has 0 fully saturated rings. The van der Waals surface area contributed by atoms with E-state index >= 15 is 0 Å². The van der Waals surface area contributed by atoms with Gasteiger partial charge in [-0.1, -0.05) is 103 Å². The average Bonchev–Trinajstić information content (AvgIpc) is 2.83. The highest BCUT2D eigenvalue weighted by Gasteiger charge is 2.00. The van der Waals surface area contributed by atoms with Crippen LogP contribution < -0.4 is 0 Å². The van der Waals surface area contributed by atoms with Gasteiger partial charge in [-0.3, -0.25) is 0 Å². The summed E-state index contributed by atoms with van der Waals surface area (Å²) in [7, 11) is 0. The minimum absolute atomic E-state index is 0.974. The zero-order valence-corrected chi connectivity index (χ0v) is 18.7. The first-order chi connectivity index (χ1) is 15.6. The number of hydrogen-bond donors (Lipinski definition) is 0. The van der Waals surface area contributed by atoms with E-state index < -0.39 is 0 Å². The van der Waals surface area contributed by atoms with Gasteiger partial charge in [-0.05, 0) is 66.1 Å². The molecule has 0 bridgehead atoms. The summed E-state index contributed by atoms with van der Waals surface area (Å²) in [4.78, 5) is 0. The monoisotopic (exact) mass is 410 g/mol. The van der Waals surface area contributed by atoms with Crippen LogP contribution in [0.15, 0.2) is 98.1 Å². The Morgan fingerprint density at radius 2 is 1.41 bits per heavy atom. The Morgan fingerprint density at radius 3 is 2.12 bits per heavy atom. The minimum atomic E-state index is 0.974. The number of aryl methyl sites for hydroxylation is 1. The van der Waals surface area contributed by atoms with Crippen LogP contribution >= 0.6 is 0 Å². The van der Waals surface area contributed by atoms with E-state index in [0.717, 1.165) is 27.8 Å². The molecule has 32 heavy (non-hydrogen) atoms. The molecule has 0 radical (unpaired) electrons. The Bertz CT molecular complexity index is 1360. The summed E-state index contributed by atoms with van der Waals surface area (Å²) in [5, 5.41) is 2.46. The van der Waals surface area contributed by atoms with Gasteiger partial charge in [-0.25, -0.2) is 0 Å². The Morgan fingerprint density at radius 1 is 0.656 bits per heavy atom. The molecule has 0 saturated heterocycles. The molecule has 0 nitrogen and oxygen atoms in total. The van der Waals surface area contributed by atoms with Crippen molar-refractivity contribution < 1.29 is 0 Å². The van der Waals surface area contributed by atoms with E-state index in [0.29, 0.717) is 0 Å². The van der Waals surface area contributed by atoms with Crippen molar-refractivity contribution in [3.8, 4) is 23.7 Å². The molecule has 0 heteroatoms. The van der Waals surface area contributed by atoms with Gasteiger partial charge < -0.3 is 0 Å². The van der Waals surface area contributed by atoms with Crippen molar-refractivity contribution in [2.45, 2.75) is 13.8 Å². The molecule has 154 valence electrons. The molecule has 0 N–H and O–H groups in total. The van der Waals surface area contributed by atoms with E-state index in [1.165, 1.54) is 16.3 Å². The molecule has 0 aliphatic rings. The fraction of sp³-hybridized carbons (Fsp3) is 0.0625. The second kappa shape index (κ2) is 11.2. The van der Waals surface area contributed by atoms with Gasteiger partial charge in [-0.15, -0.1) is 5.92 Å². The third kappa shape index (κ3) is 5.89. The molecule has 0 atom stereocenters. The molecular formula is C32H26. The summed E-state index contributed by atoms with van der Waals surface area (Å²) in [5.74, 6) is 12.3. The molecule has 4 aromatic carbocycles. The Kier molecular flexibility index (Phi) is 7.86. The lowest BCUT2D eigenvalue weighted by Gasteiger charge is -2.03. The van der Waals surface area contributed by atoms with E-state index in [1.54, 1.807) is 0 Å². The first-order valence-corrected chi connectivity index (χ1v) is 10.5. The van der Waals surface area contributed by atoms with Crippen LogP contribution in [-0.4, -0.2) is 0 Å². The van der Waals surface area contributed by atoms with Crippen LogP contribution in [0, 0.1) is 30.6 Å². The molecule has 0 spiro atoms. The van der Waals surface area contributed by atoms with Crippen LogP contribution in [0.5, 0.6) is 0 Å². The number of hydrogen-bond acceptors (Lipinski definition) is 0. The topological polar surface area (TPSA) is 0 Å². The van der Waals surface area contributed by atoms with Crippen LogP contribution in [-0.2, 0) is 0 Å². The number of fused-ring (bicyclic) bond motifs is 1. The predicted molar refractivity (Wildman–Crippen MR) is 140 cm³/mol. The van der Waals surface area contributed by atoms with Crippen molar-refractivity contribution in [2.75, 3.05) is 0 Å². The first kappa shape index (κ1) is 22.4. The van der Waals surface area contributed by atoms with Crippen LogP contribution in [0.3, 0.4) is 0 Å². The van der Waals surface area contributed by atoms with Crippen molar-refractivity contribution in [3.63, 3.8) is 0 Å². The highest BCUT2D eigenvalue weighted by atomic mass is 14.0. The standard InChI is InChI=1S/C23H18.C9H8/c1-4-19-7-6-8-20(23(19)5-2)13-10-18-11-14-21-15-17(3)9-12-22(21)16-18;1-2-6-9-7-4-3-5-8-9/h4-9,11-12,14-16H,1-2H2,3H3;3-5,7-8H,1H3. The Labute approximate surface area is 192 Å². The van der Waals surface area contributed by atoms with Gasteiger partial charge in [0, 0.05) is 16.7 Å². The van der Waals surface area contributed by atoms with E-state index in [1.807, 2.05) is 67.6 Å². The molecule has 0 aliphatic heterocycles. The molecule has 0 aliphatic carbocycles. The fourth-order valence-electron chi connectivity index (χ4n) is 3.35. The van der Waals surface area contributed by atoms with Crippen LogP contribution in [0.1, 0.15) is 40.3 Å². The quantitative estimate of drug-likeness (QED) is 0.295. The van der Waals surface area contributed by atoms with E-state index in [2.05, 4.69) is 80.2 Å². The van der Waals surface area contributed by atoms with Crippen molar-refractivity contribution in [2.24, 2.45) is 0 Å². The van der Waals surface area contributed by atoms with Crippen molar-refractivity contribution >= 4 is 22.9 Å². The maximum Gasteiger partial charge on any atom is 0.0327 e. The lowest BCUT2D eigenvalue weighted by Crippen LogP contribution is -1.86. The number of rotatable bonds is 2. The summed E-state index contributed by atoms with van der Waals surface area (Å²) in [6.45, 7) is 11.7. The molecule has 0 heterocycles. The van der Waals surface area contributed by atoms with Gasteiger partial charge in [0.05, 0.1) is 0 Å². The zero-order chi connectivity index (χ0) is 22.8. The zero-order valence-electron chi connectivity index (χ0n) is 18.7. The summed E-state index contributed by atoms with van der Waals surface area (Å²) < 4.78 is 0. The van der Waals surface area contributed by atoms with Crippen LogP contribution in [0.4, 0.5) is 0 Å². The van der Waals surface area contributed by atoms with Crippen LogP contribution in [0.2, 0.25) is 0 Å². The van der Waals surface area contributed by atoms with E-state index in [4.69, 9.17) is 0 Å².